The summed E-state index contributed by atoms with van der Waals surface area (Å²) in [6.07, 6.45) is 2.01. The summed E-state index contributed by atoms with van der Waals surface area (Å²) in [4.78, 5) is 13.1. The third kappa shape index (κ3) is 3.14. The smallest absolute Gasteiger partial charge is 0.255 e. The molecule has 18 heavy (non-hydrogen) atoms. The van der Waals surface area contributed by atoms with Crippen LogP contribution in [0.3, 0.4) is 0 Å². The first-order valence-corrected chi connectivity index (χ1v) is 6.93. The fourth-order valence-electron chi connectivity index (χ4n) is 1.61. The molecule has 0 spiro atoms. The van der Waals surface area contributed by atoms with Crippen LogP contribution >= 0.6 is 11.8 Å². The predicted octanol–water partition coefficient (Wildman–Crippen LogP) is 3.97. The van der Waals surface area contributed by atoms with E-state index in [0.717, 1.165) is 16.1 Å². The number of amides is 1. The number of thioether (sulfide) groups is 1. The molecule has 2 aromatic rings. The van der Waals surface area contributed by atoms with Gasteiger partial charge in [0.1, 0.15) is 0 Å². The van der Waals surface area contributed by atoms with Gasteiger partial charge >= 0.3 is 0 Å². The van der Waals surface area contributed by atoms with Crippen molar-refractivity contribution in [2.24, 2.45) is 0 Å². The van der Waals surface area contributed by atoms with Crippen LogP contribution in [-0.4, -0.2) is 12.2 Å². The monoisotopic (exact) mass is 257 g/mol. The molecule has 0 atom stereocenters. The third-order valence-electron chi connectivity index (χ3n) is 2.64. The molecule has 0 aromatic heterocycles. The van der Waals surface area contributed by atoms with Crippen LogP contribution in [0.15, 0.2) is 53.4 Å². The highest BCUT2D eigenvalue weighted by molar-refractivity contribution is 7.98. The highest BCUT2D eigenvalue weighted by Crippen LogP contribution is 2.19. The van der Waals surface area contributed by atoms with Gasteiger partial charge < -0.3 is 5.32 Å². The van der Waals surface area contributed by atoms with E-state index < -0.39 is 0 Å². The van der Waals surface area contributed by atoms with Crippen molar-refractivity contribution in [3.8, 4) is 0 Å². The topological polar surface area (TPSA) is 29.1 Å². The van der Waals surface area contributed by atoms with Crippen LogP contribution in [-0.2, 0) is 0 Å². The Morgan fingerprint density at radius 3 is 2.50 bits per heavy atom. The Morgan fingerprint density at radius 1 is 1.11 bits per heavy atom. The summed E-state index contributed by atoms with van der Waals surface area (Å²) in [5, 5.41) is 2.90. The van der Waals surface area contributed by atoms with Crippen LogP contribution in [0.5, 0.6) is 0 Å². The maximum Gasteiger partial charge on any atom is 0.255 e. The van der Waals surface area contributed by atoms with Crippen LogP contribution in [0.4, 0.5) is 5.69 Å². The van der Waals surface area contributed by atoms with Gasteiger partial charge in [-0.3, -0.25) is 4.79 Å². The lowest BCUT2D eigenvalue weighted by Crippen LogP contribution is -2.11. The van der Waals surface area contributed by atoms with Crippen molar-refractivity contribution in [2.45, 2.75) is 11.8 Å². The molecule has 1 N–H and O–H groups in total. The van der Waals surface area contributed by atoms with Crippen molar-refractivity contribution in [2.75, 3.05) is 11.6 Å². The Kier molecular flexibility index (Phi) is 4.05. The van der Waals surface area contributed by atoms with Gasteiger partial charge in [-0.15, -0.1) is 11.8 Å². The van der Waals surface area contributed by atoms with E-state index in [1.165, 1.54) is 0 Å². The molecule has 0 aliphatic heterocycles. The average molecular weight is 257 g/mol. The van der Waals surface area contributed by atoms with Crippen LogP contribution in [0, 0.1) is 6.92 Å². The van der Waals surface area contributed by atoms with Gasteiger partial charge in [-0.1, -0.05) is 23.8 Å². The molecular formula is C15H15NOS. The molecule has 2 aromatic carbocycles. The SMILES string of the molecule is CSc1cccc(NC(=O)c2ccc(C)cc2)c1. The lowest BCUT2D eigenvalue weighted by atomic mass is 10.1. The van der Waals surface area contributed by atoms with E-state index in [2.05, 4.69) is 5.32 Å². The number of carbonyl (C=O) groups excluding carboxylic acids is 1. The van der Waals surface area contributed by atoms with Crippen molar-refractivity contribution in [3.63, 3.8) is 0 Å². The molecule has 0 aliphatic rings. The molecule has 1 amide bonds. The maximum atomic E-state index is 12.0. The molecule has 0 aliphatic carbocycles. The molecule has 0 heterocycles. The Hall–Kier alpha value is -1.74. The van der Waals surface area contributed by atoms with E-state index in [1.807, 2.05) is 61.7 Å². The fraction of sp³-hybridized carbons (Fsp3) is 0.133. The van der Waals surface area contributed by atoms with Gasteiger partial charge in [-0.25, -0.2) is 0 Å². The van der Waals surface area contributed by atoms with Crippen LogP contribution in [0.1, 0.15) is 15.9 Å². The summed E-state index contributed by atoms with van der Waals surface area (Å²) in [7, 11) is 0. The van der Waals surface area contributed by atoms with Crippen molar-refractivity contribution in [3.05, 3.63) is 59.7 Å². The van der Waals surface area contributed by atoms with E-state index >= 15 is 0 Å². The second-order valence-corrected chi connectivity index (χ2v) is 4.93. The normalized spacial score (nSPS) is 10.1. The number of anilines is 1. The molecule has 0 bridgehead atoms. The number of rotatable bonds is 3. The molecule has 0 unspecified atom stereocenters. The summed E-state index contributed by atoms with van der Waals surface area (Å²) in [6, 6.07) is 15.4. The molecule has 2 rings (SSSR count). The summed E-state index contributed by atoms with van der Waals surface area (Å²) in [5.74, 6) is -0.0757. The molecule has 92 valence electrons. The zero-order valence-corrected chi connectivity index (χ0v) is 11.3. The van der Waals surface area contributed by atoms with Gasteiger partial charge in [0.25, 0.3) is 5.91 Å². The van der Waals surface area contributed by atoms with E-state index in [-0.39, 0.29) is 5.91 Å². The number of hydrogen-bond donors (Lipinski definition) is 1. The first-order chi connectivity index (χ1) is 8.69. The van der Waals surface area contributed by atoms with Crippen molar-refractivity contribution >= 4 is 23.4 Å². The zero-order valence-electron chi connectivity index (χ0n) is 10.4. The van der Waals surface area contributed by atoms with Crippen molar-refractivity contribution in [1.82, 2.24) is 0 Å². The minimum Gasteiger partial charge on any atom is -0.322 e. The van der Waals surface area contributed by atoms with Crippen molar-refractivity contribution < 1.29 is 4.79 Å². The fourth-order valence-corrected chi connectivity index (χ4v) is 2.07. The Balaban J connectivity index is 2.13. The lowest BCUT2D eigenvalue weighted by Gasteiger charge is -2.06. The van der Waals surface area contributed by atoms with Gasteiger partial charge in [0.05, 0.1) is 0 Å². The molecule has 0 saturated heterocycles. The summed E-state index contributed by atoms with van der Waals surface area (Å²) >= 11 is 1.66. The van der Waals surface area contributed by atoms with E-state index in [4.69, 9.17) is 0 Å². The Labute approximate surface area is 111 Å². The molecule has 0 radical (unpaired) electrons. The number of aryl methyl sites for hydroxylation is 1. The van der Waals surface area contributed by atoms with Crippen LogP contribution < -0.4 is 5.32 Å². The highest BCUT2D eigenvalue weighted by atomic mass is 32.2. The van der Waals surface area contributed by atoms with Gasteiger partial charge in [-0.05, 0) is 43.5 Å². The highest BCUT2D eigenvalue weighted by Gasteiger charge is 2.05. The number of carbonyl (C=O) groups is 1. The molecule has 0 saturated carbocycles. The van der Waals surface area contributed by atoms with Gasteiger partial charge in [-0.2, -0.15) is 0 Å². The zero-order chi connectivity index (χ0) is 13.0. The van der Waals surface area contributed by atoms with Gasteiger partial charge in [0.15, 0.2) is 0 Å². The van der Waals surface area contributed by atoms with Gasteiger partial charge in [0, 0.05) is 16.1 Å². The van der Waals surface area contributed by atoms with E-state index in [1.54, 1.807) is 11.8 Å². The molecule has 0 fully saturated rings. The predicted molar refractivity (Wildman–Crippen MR) is 77.4 cm³/mol. The summed E-state index contributed by atoms with van der Waals surface area (Å²) in [5.41, 5.74) is 2.65. The van der Waals surface area contributed by atoms with Crippen LogP contribution in [0.2, 0.25) is 0 Å². The summed E-state index contributed by atoms with van der Waals surface area (Å²) in [6.45, 7) is 2.00. The minimum atomic E-state index is -0.0757. The quantitative estimate of drug-likeness (QED) is 0.843. The third-order valence-corrected chi connectivity index (χ3v) is 3.37. The van der Waals surface area contributed by atoms with Gasteiger partial charge in [0.2, 0.25) is 0 Å². The van der Waals surface area contributed by atoms with E-state index in [9.17, 15) is 4.79 Å². The molecule has 2 nitrogen and oxygen atoms in total. The summed E-state index contributed by atoms with van der Waals surface area (Å²) < 4.78 is 0. The molecular weight excluding hydrogens is 242 g/mol. The minimum absolute atomic E-state index is 0.0757. The Bertz CT molecular complexity index is 549. The average Bonchev–Trinajstić information content (AvgIpc) is 2.39. The standard InChI is InChI=1S/C15H15NOS/c1-11-6-8-12(9-7-11)15(17)16-13-4-3-5-14(10-13)18-2/h3-10H,1-2H3,(H,16,17). The first-order valence-electron chi connectivity index (χ1n) is 5.71. The van der Waals surface area contributed by atoms with E-state index in [0.29, 0.717) is 5.56 Å². The Morgan fingerprint density at radius 2 is 1.83 bits per heavy atom. The second kappa shape index (κ2) is 5.74. The number of hydrogen-bond acceptors (Lipinski definition) is 2. The number of nitrogens with one attached hydrogen (secondary N) is 1. The number of benzene rings is 2. The first kappa shape index (κ1) is 12.7. The second-order valence-electron chi connectivity index (χ2n) is 4.05. The largest absolute Gasteiger partial charge is 0.322 e. The van der Waals surface area contributed by atoms with Crippen LogP contribution in [0.25, 0.3) is 0 Å². The molecule has 3 heteroatoms. The van der Waals surface area contributed by atoms with Crippen molar-refractivity contribution in [1.29, 1.82) is 0 Å². The maximum absolute atomic E-state index is 12.0. The lowest BCUT2D eigenvalue weighted by molar-refractivity contribution is 0.102.